The molecule has 1 heterocycles. The average molecular weight is 386 g/mol. The minimum Gasteiger partial charge on any atom is -0.491 e. The molecule has 1 aliphatic heterocycles. The highest BCUT2D eigenvalue weighted by Crippen LogP contribution is 2.37. The van der Waals surface area contributed by atoms with Crippen LogP contribution in [0.25, 0.3) is 11.1 Å². The molecule has 0 saturated carbocycles. The largest absolute Gasteiger partial charge is 0.491 e. The van der Waals surface area contributed by atoms with E-state index in [1.54, 1.807) is 31.2 Å². The van der Waals surface area contributed by atoms with Crippen LogP contribution in [0.5, 0.6) is 17.2 Å². The topological polar surface area (TPSA) is 44.8 Å². The van der Waals surface area contributed by atoms with Gasteiger partial charge in [0.15, 0.2) is 29.2 Å². The molecule has 1 aliphatic rings. The lowest BCUT2D eigenvalue weighted by molar-refractivity contribution is -0.144. The summed E-state index contributed by atoms with van der Waals surface area (Å²) >= 11 is 0. The van der Waals surface area contributed by atoms with E-state index in [9.17, 15) is 9.18 Å². The number of halogens is 1. The van der Waals surface area contributed by atoms with Crippen molar-refractivity contribution in [2.24, 2.45) is 0 Å². The Morgan fingerprint density at radius 3 is 2.46 bits per heavy atom. The van der Waals surface area contributed by atoms with Crippen LogP contribution in [0.2, 0.25) is 0 Å². The lowest BCUT2D eigenvalue weighted by Gasteiger charge is -2.22. The SMILES string of the molecule is CCCCCCCCOc1ccc(-c2ccc3c(c2)OC(=O)[C@@H](C)O3)cc1F. The van der Waals surface area contributed by atoms with Crippen LogP contribution in [0.4, 0.5) is 4.39 Å². The molecule has 0 saturated heterocycles. The summed E-state index contributed by atoms with van der Waals surface area (Å²) in [5, 5.41) is 0. The molecule has 3 rings (SSSR count). The van der Waals surface area contributed by atoms with Crippen molar-refractivity contribution in [3.05, 3.63) is 42.2 Å². The van der Waals surface area contributed by atoms with Crippen molar-refractivity contribution >= 4 is 5.97 Å². The second kappa shape index (κ2) is 9.58. The Balaban J connectivity index is 1.60. The number of benzene rings is 2. The highest BCUT2D eigenvalue weighted by molar-refractivity contribution is 5.81. The molecule has 0 amide bonds. The van der Waals surface area contributed by atoms with E-state index in [0.717, 1.165) is 18.4 Å². The number of ether oxygens (including phenoxy) is 3. The van der Waals surface area contributed by atoms with Gasteiger partial charge in [0.1, 0.15) is 0 Å². The summed E-state index contributed by atoms with van der Waals surface area (Å²) in [5.74, 6) is 0.288. The Morgan fingerprint density at radius 2 is 1.68 bits per heavy atom. The minimum absolute atomic E-state index is 0.263. The molecular weight excluding hydrogens is 359 g/mol. The second-order valence-corrected chi connectivity index (χ2v) is 7.10. The molecule has 0 N–H and O–H groups in total. The predicted octanol–water partition coefficient (Wildman–Crippen LogP) is 5.92. The van der Waals surface area contributed by atoms with Crippen molar-refractivity contribution in [2.45, 2.75) is 58.5 Å². The van der Waals surface area contributed by atoms with Crippen LogP contribution in [0.15, 0.2) is 36.4 Å². The van der Waals surface area contributed by atoms with Gasteiger partial charge in [0, 0.05) is 0 Å². The fourth-order valence-electron chi connectivity index (χ4n) is 3.16. The Labute approximate surface area is 165 Å². The van der Waals surface area contributed by atoms with Gasteiger partial charge in [-0.25, -0.2) is 9.18 Å². The highest BCUT2D eigenvalue weighted by Gasteiger charge is 2.26. The molecule has 0 bridgehead atoms. The fourth-order valence-corrected chi connectivity index (χ4v) is 3.16. The van der Waals surface area contributed by atoms with E-state index in [4.69, 9.17) is 14.2 Å². The quantitative estimate of drug-likeness (QED) is 0.305. The summed E-state index contributed by atoms with van der Waals surface area (Å²) in [6, 6.07) is 10.1. The van der Waals surface area contributed by atoms with Crippen molar-refractivity contribution in [1.82, 2.24) is 0 Å². The number of carbonyl (C=O) groups excluding carboxylic acids is 1. The van der Waals surface area contributed by atoms with Gasteiger partial charge in [0.25, 0.3) is 0 Å². The standard InChI is InChI=1S/C23H27FO4/c1-3-4-5-6-7-8-13-26-20-11-9-17(14-19(20)24)18-10-12-21-22(15-18)28-23(25)16(2)27-21/h9-12,14-16H,3-8,13H2,1-2H3/t16-/m1/s1. The molecule has 0 aliphatic carbocycles. The number of hydrogen-bond acceptors (Lipinski definition) is 4. The third kappa shape index (κ3) is 5.03. The molecule has 28 heavy (non-hydrogen) atoms. The number of esters is 1. The molecule has 0 aromatic heterocycles. The lowest BCUT2D eigenvalue weighted by Crippen LogP contribution is -2.32. The van der Waals surface area contributed by atoms with Gasteiger partial charge in [0.2, 0.25) is 0 Å². The summed E-state index contributed by atoms with van der Waals surface area (Å²) in [6.07, 6.45) is 6.35. The molecule has 0 spiro atoms. The molecule has 0 radical (unpaired) electrons. The van der Waals surface area contributed by atoms with Crippen molar-refractivity contribution in [2.75, 3.05) is 6.61 Å². The maximum Gasteiger partial charge on any atom is 0.352 e. The van der Waals surface area contributed by atoms with Crippen LogP contribution in [0.3, 0.4) is 0 Å². The number of rotatable bonds is 9. The van der Waals surface area contributed by atoms with Crippen LogP contribution in [-0.4, -0.2) is 18.7 Å². The molecular formula is C23H27FO4. The van der Waals surface area contributed by atoms with Crippen LogP contribution >= 0.6 is 0 Å². The number of fused-ring (bicyclic) bond motifs is 1. The molecule has 150 valence electrons. The molecule has 1 atom stereocenters. The number of hydrogen-bond donors (Lipinski definition) is 0. The zero-order valence-electron chi connectivity index (χ0n) is 16.5. The first-order chi connectivity index (χ1) is 13.6. The first kappa shape index (κ1) is 20.2. The maximum absolute atomic E-state index is 14.4. The van der Waals surface area contributed by atoms with Gasteiger partial charge in [-0.3, -0.25) is 0 Å². The second-order valence-electron chi connectivity index (χ2n) is 7.10. The van der Waals surface area contributed by atoms with Crippen LogP contribution in [0, 0.1) is 5.82 Å². The van der Waals surface area contributed by atoms with Gasteiger partial charge < -0.3 is 14.2 Å². The number of carbonyl (C=O) groups is 1. The zero-order valence-corrected chi connectivity index (χ0v) is 16.5. The zero-order chi connectivity index (χ0) is 19.9. The Morgan fingerprint density at radius 1 is 0.964 bits per heavy atom. The number of unbranched alkanes of at least 4 members (excludes halogenated alkanes) is 5. The van der Waals surface area contributed by atoms with Gasteiger partial charge in [0.05, 0.1) is 6.61 Å². The molecule has 0 unspecified atom stereocenters. The van der Waals surface area contributed by atoms with Crippen molar-refractivity contribution in [3.63, 3.8) is 0 Å². The van der Waals surface area contributed by atoms with Gasteiger partial charge in [-0.1, -0.05) is 51.2 Å². The summed E-state index contributed by atoms with van der Waals surface area (Å²) in [4.78, 5) is 11.7. The lowest BCUT2D eigenvalue weighted by atomic mass is 10.0. The summed E-state index contributed by atoms with van der Waals surface area (Å²) in [5.41, 5.74) is 1.42. The summed E-state index contributed by atoms with van der Waals surface area (Å²) in [7, 11) is 0. The van der Waals surface area contributed by atoms with E-state index >= 15 is 0 Å². The average Bonchev–Trinajstić information content (AvgIpc) is 2.69. The van der Waals surface area contributed by atoms with Gasteiger partial charge in [-0.05, 0) is 48.7 Å². The third-order valence-corrected chi connectivity index (χ3v) is 4.81. The Hall–Kier alpha value is -2.56. The highest BCUT2D eigenvalue weighted by atomic mass is 19.1. The van der Waals surface area contributed by atoms with Crippen LogP contribution in [0.1, 0.15) is 52.4 Å². The fraction of sp³-hybridized carbons (Fsp3) is 0.435. The molecule has 5 heteroatoms. The predicted molar refractivity (Wildman–Crippen MR) is 106 cm³/mol. The monoisotopic (exact) mass is 386 g/mol. The van der Waals surface area contributed by atoms with Crippen LogP contribution < -0.4 is 14.2 Å². The summed E-state index contributed by atoms with van der Waals surface area (Å²) in [6.45, 7) is 4.35. The molecule has 2 aromatic carbocycles. The first-order valence-corrected chi connectivity index (χ1v) is 10.0. The van der Waals surface area contributed by atoms with Crippen molar-refractivity contribution in [3.8, 4) is 28.4 Å². The van der Waals surface area contributed by atoms with Crippen molar-refractivity contribution in [1.29, 1.82) is 0 Å². The summed E-state index contributed by atoms with van der Waals surface area (Å²) < 4.78 is 30.8. The normalized spacial score (nSPS) is 15.5. The Bertz CT molecular complexity index is 818. The van der Waals surface area contributed by atoms with E-state index in [0.29, 0.717) is 23.7 Å². The van der Waals surface area contributed by atoms with E-state index in [-0.39, 0.29) is 5.75 Å². The van der Waals surface area contributed by atoms with Crippen molar-refractivity contribution < 1.29 is 23.4 Å². The molecule has 2 aromatic rings. The minimum atomic E-state index is -0.626. The maximum atomic E-state index is 14.4. The van der Waals surface area contributed by atoms with Crippen LogP contribution in [-0.2, 0) is 4.79 Å². The third-order valence-electron chi connectivity index (χ3n) is 4.81. The first-order valence-electron chi connectivity index (χ1n) is 10.0. The molecule has 4 nitrogen and oxygen atoms in total. The smallest absolute Gasteiger partial charge is 0.352 e. The van der Waals surface area contributed by atoms with E-state index in [1.165, 1.54) is 31.7 Å². The van der Waals surface area contributed by atoms with Gasteiger partial charge >= 0.3 is 5.97 Å². The Kier molecular flexibility index (Phi) is 6.90. The molecule has 0 fully saturated rings. The van der Waals surface area contributed by atoms with E-state index in [2.05, 4.69) is 6.92 Å². The van der Waals surface area contributed by atoms with Gasteiger partial charge in [-0.2, -0.15) is 0 Å². The van der Waals surface area contributed by atoms with Gasteiger partial charge in [-0.15, -0.1) is 0 Å². The van der Waals surface area contributed by atoms with E-state index < -0.39 is 17.9 Å². The van der Waals surface area contributed by atoms with E-state index in [1.807, 2.05) is 6.07 Å².